The normalized spacial score (nSPS) is 12.6. The van der Waals surface area contributed by atoms with Gasteiger partial charge in [-0.25, -0.2) is 4.98 Å². The fraction of sp³-hybridized carbons (Fsp3) is 0.200. The molecule has 1 amide bonds. The summed E-state index contributed by atoms with van der Waals surface area (Å²) in [4.78, 5) is 21.9. The van der Waals surface area contributed by atoms with Gasteiger partial charge in [-0.2, -0.15) is 5.10 Å². The third-order valence-corrected chi connectivity index (χ3v) is 4.78. The molecule has 6 nitrogen and oxygen atoms in total. The minimum atomic E-state index is -0.189. The highest BCUT2D eigenvalue weighted by Gasteiger charge is 2.24. The van der Waals surface area contributed by atoms with Crippen molar-refractivity contribution in [2.75, 3.05) is 5.32 Å². The van der Waals surface area contributed by atoms with E-state index in [1.165, 1.54) is 21.9 Å². The summed E-state index contributed by atoms with van der Waals surface area (Å²) >= 11 is 1.53. The highest BCUT2D eigenvalue weighted by atomic mass is 32.1. The third kappa shape index (κ3) is 2.10. The summed E-state index contributed by atoms with van der Waals surface area (Å²) in [7, 11) is 1.95. The van der Waals surface area contributed by atoms with E-state index in [-0.39, 0.29) is 5.91 Å². The molecular formula is C15H13N5OS. The number of nitrogens with one attached hydrogen (secondary N) is 1. The molecule has 0 aliphatic heterocycles. The van der Waals surface area contributed by atoms with Crippen LogP contribution < -0.4 is 5.32 Å². The Kier molecular flexibility index (Phi) is 3.00. The quantitative estimate of drug-likeness (QED) is 0.788. The van der Waals surface area contributed by atoms with Gasteiger partial charge >= 0.3 is 0 Å². The van der Waals surface area contributed by atoms with Crippen LogP contribution in [-0.2, 0) is 19.9 Å². The molecule has 0 radical (unpaired) electrons. The van der Waals surface area contributed by atoms with Crippen molar-refractivity contribution in [3.8, 4) is 11.3 Å². The predicted molar refractivity (Wildman–Crippen MR) is 83.9 cm³/mol. The molecule has 22 heavy (non-hydrogen) atoms. The Morgan fingerprint density at radius 2 is 2.27 bits per heavy atom. The Labute approximate surface area is 130 Å². The number of thiazole rings is 1. The number of hydrogen-bond acceptors (Lipinski definition) is 5. The molecule has 0 bridgehead atoms. The van der Waals surface area contributed by atoms with Crippen molar-refractivity contribution in [2.24, 2.45) is 7.05 Å². The van der Waals surface area contributed by atoms with E-state index in [9.17, 15) is 4.79 Å². The number of aryl methyl sites for hydroxylation is 2. The van der Waals surface area contributed by atoms with E-state index < -0.39 is 0 Å². The van der Waals surface area contributed by atoms with Crippen molar-refractivity contribution >= 4 is 22.4 Å². The molecule has 3 aromatic rings. The Bertz CT molecular complexity index is 852. The lowest BCUT2D eigenvalue weighted by Crippen LogP contribution is -2.11. The first-order valence-electron chi connectivity index (χ1n) is 6.94. The zero-order valence-electron chi connectivity index (χ0n) is 11.9. The van der Waals surface area contributed by atoms with Crippen molar-refractivity contribution in [3.05, 3.63) is 46.9 Å². The van der Waals surface area contributed by atoms with Gasteiger partial charge in [-0.15, -0.1) is 11.3 Å². The molecule has 0 saturated carbocycles. The monoisotopic (exact) mass is 311 g/mol. The van der Waals surface area contributed by atoms with Gasteiger partial charge in [-0.1, -0.05) is 0 Å². The first-order chi connectivity index (χ1) is 10.7. The Morgan fingerprint density at radius 3 is 3.09 bits per heavy atom. The van der Waals surface area contributed by atoms with Gasteiger partial charge in [-0.3, -0.25) is 19.8 Å². The summed E-state index contributed by atoms with van der Waals surface area (Å²) in [6.07, 6.45) is 6.92. The summed E-state index contributed by atoms with van der Waals surface area (Å²) in [6.45, 7) is 0. The second-order valence-corrected chi connectivity index (χ2v) is 6.20. The van der Waals surface area contributed by atoms with Crippen LogP contribution in [0.15, 0.2) is 30.7 Å². The Balaban J connectivity index is 1.64. The van der Waals surface area contributed by atoms with Gasteiger partial charge in [0.25, 0.3) is 5.91 Å². The topological polar surface area (TPSA) is 72.7 Å². The number of hydrogen-bond donors (Lipinski definition) is 1. The van der Waals surface area contributed by atoms with Gasteiger partial charge in [-0.05, 0) is 25.0 Å². The van der Waals surface area contributed by atoms with Crippen LogP contribution in [0.2, 0.25) is 0 Å². The molecular weight excluding hydrogens is 298 g/mol. The molecule has 0 fully saturated rings. The summed E-state index contributed by atoms with van der Waals surface area (Å²) in [5, 5.41) is 7.78. The number of rotatable bonds is 2. The molecule has 0 atom stereocenters. The van der Waals surface area contributed by atoms with E-state index in [0.717, 1.165) is 24.1 Å². The zero-order chi connectivity index (χ0) is 15.1. The number of amides is 1. The number of fused-ring (bicyclic) bond motifs is 3. The van der Waals surface area contributed by atoms with E-state index in [4.69, 9.17) is 0 Å². The third-order valence-electron chi connectivity index (χ3n) is 3.75. The van der Waals surface area contributed by atoms with Crippen molar-refractivity contribution < 1.29 is 4.79 Å². The highest BCUT2D eigenvalue weighted by molar-refractivity contribution is 7.16. The van der Waals surface area contributed by atoms with Crippen molar-refractivity contribution in [3.63, 3.8) is 0 Å². The largest absolute Gasteiger partial charge is 0.298 e. The number of nitrogens with zero attached hydrogens (tertiary/aromatic N) is 4. The molecule has 0 spiro atoms. The van der Waals surface area contributed by atoms with Gasteiger partial charge < -0.3 is 0 Å². The smallest absolute Gasteiger partial charge is 0.259 e. The molecule has 4 rings (SSSR count). The average Bonchev–Trinajstić information content (AvgIpc) is 3.11. The van der Waals surface area contributed by atoms with Crippen molar-refractivity contribution in [1.29, 1.82) is 0 Å². The number of anilines is 1. The van der Waals surface area contributed by atoms with Crippen LogP contribution >= 0.6 is 11.3 Å². The lowest BCUT2D eigenvalue weighted by atomic mass is 10.0. The highest BCUT2D eigenvalue weighted by Crippen LogP contribution is 2.37. The molecule has 0 aromatic carbocycles. The van der Waals surface area contributed by atoms with E-state index in [0.29, 0.717) is 10.7 Å². The van der Waals surface area contributed by atoms with E-state index in [1.807, 2.05) is 17.9 Å². The Hall–Kier alpha value is -2.54. The second-order valence-electron chi connectivity index (χ2n) is 5.12. The molecule has 3 heterocycles. The average molecular weight is 311 g/mol. The summed E-state index contributed by atoms with van der Waals surface area (Å²) in [6, 6.07) is 3.47. The number of aromatic nitrogens is 4. The van der Waals surface area contributed by atoms with Crippen LogP contribution in [0.1, 0.15) is 20.9 Å². The lowest BCUT2D eigenvalue weighted by molar-refractivity contribution is 0.102. The molecule has 0 saturated heterocycles. The Morgan fingerprint density at radius 1 is 1.36 bits per heavy atom. The maximum absolute atomic E-state index is 12.2. The predicted octanol–water partition coefficient (Wildman–Crippen LogP) is 2.29. The maximum Gasteiger partial charge on any atom is 0.259 e. The van der Waals surface area contributed by atoms with Crippen LogP contribution in [0.4, 0.5) is 5.13 Å². The van der Waals surface area contributed by atoms with Gasteiger partial charge in [0, 0.05) is 35.6 Å². The first-order valence-corrected chi connectivity index (χ1v) is 7.76. The summed E-state index contributed by atoms with van der Waals surface area (Å²) in [5.41, 5.74) is 3.74. The molecule has 1 N–H and O–H groups in total. The van der Waals surface area contributed by atoms with Crippen molar-refractivity contribution in [1.82, 2.24) is 19.7 Å². The minimum Gasteiger partial charge on any atom is -0.298 e. The van der Waals surface area contributed by atoms with E-state index in [1.54, 1.807) is 24.5 Å². The van der Waals surface area contributed by atoms with Crippen LogP contribution in [0.25, 0.3) is 11.3 Å². The molecule has 7 heteroatoms. The molecule has 3 aromatic heterocycles. The summed E-state index contributed by atoms with van der Waals surface area (Å²) in [5.74, 6) is -0.189. The second kappa shape index (κ2) is 5.03. The maximum atomic E-state index is 12.2. The number of carbonyl (C=O) groups is 1. The van der Waals surface area contributed by atoms with Gasteiger partial charge in [0.15, 0.2) is 5.13 Å². The minimum absolute atomic E-state index is 0.189. The molecule has 110 valence electrons. The van der Waals surface area contributed by atoms with Crippen molar-refractivity contribution in [2.45, 2.75) is 12.8 Å². The standard InChI is InChI=1S/C15H13N5OS/c1-20-11-4-5-12-13(10(11)8-17-20)18-15(22-12)19-14(21)9-3-2-6-16-7-9/h2-3,6-8H,4-5H2,1H3,(H,18,19,21). The van der Waals surface area contributed by atoms with Crippen LogP contribution in [0, 0.1) is 0 Å². The molecule has 1 aliphatic carbocycles. The molecule has 0 unspecified atom stereocenters. The van der Waals surface area contributed by atoms with Crippen LogP contribution in [0.5, 0.6) is 0 Å². The van der Waals surface area contributed by atoms with Gasteiger partial charge in [0.2, 0.25) is 0 Å². The fourth-order valence-corrected chi connectivity index (χ4v) is 3.61. The lowest BCUT2D eigenvalue weighted by Gasteiger charge is -2.10. The van der Waals surface area contributed by atoms with Crippen LogP contribution in [-0.4, -0.2) is 25.7 Å². The van der Waals surface area contributed by atoms with Crippen LogP contribution in [0.3, 0.4) is 0 Å². The number of carbonyl (C=O) groups excluding carboxylic acids is 1. The zero-order valence-corrected chi connectivity index (χ0v) is 12.7. The van der Waals surface area contributed by atoms with E-state index >= 15 is 0 Å². The van der Waals surface area contributed by atoms with Gasteiger partial charge in [0.1, 0.15) is 0 Å². The first kappa shape index (κ1) is 13.1. The summed E-state index contributed by atoms with van der Waals surface area (Å²) < 4.78 is 1.89. The molecule has 1 aliphatic rings. The number of pyridine rings is 1. The fourth-order valence-electron chi connectivity index (χ4n) is 2.64. The van der Waals surface area contributed by atoms with E-state index in [2.05, 4.69) is 20.4 Å². The SMILES string of the molecule is Cn1ncc2c1CCc1sc(NC(=O)c3cccnc3)nc1-2. The van der Waals surface area contributed by atoms with Gasteiger partial charge in [0.05, 0.1) is 17.5 Å².